The predicted octanol–water partition coefficient (Wildman–Crippen LogP) is 7.86. The summed E-state index contributed by atoms with van der Waals surface area (Å²) in [6.45, 7) is 7.90. The van der Waals surface area contributed by atoms with Crippen LogP contribution in [0.3, 0.4) is 0 Å². The van der Waals surface area contributed by atoms with Crippen molar-refractivity contribution in [1.82, 2.24) is 0 Å². The summed E-state index contributed by atoms with van der Waals surface area (Å²) in [4.78, 5) is 11.0. The zero-order chi connectivity index (χ0) is 23.1. The molecule has 1 aromatic carbocycles. The van der Waals surface area contributed by atoms with Gasteiger partial charge < -0.3 is 9.84 Å². The average Bonchev–Trinajstić information content (AvgIpc) is 3.18. The Kier molecular flexibility index (Phi) is 14.6. The van der Waals surface area contributed by atoms with Gasteiger partial charge in [-0.3, -0.25) is 4.79 Å². The number of alkyl halides is 1. The molecular formula is C27H43ClO3. The van der Waals surface area contributed by atoms with Gasteiger partial charge in [-0.05, 0) is 76.3 Å². The molecule has 0 aliphatic heterocycles. The number of carbonyl (C=O) groups excluding carboxylic acids is 1. The van der Waals surface area contributed by atoms with Crippen LogP contribution in [0.5, 0.6) is 0 Å². The third kappa shape index (κ3) is 12.3. The van der Waals surface area contributed by atoms with E-state index in [0.29, 0.717) is 17.7 Å². The van der Waals surface area contributed by atoms with Gasteiger partial charge in [0, 0.05) is 11.8 Å². The first-order chi connectivity index (χ1) is 14.9. The number of ether oxygens (including phenoxy) is 1. The minimum Gasteiger partial charge on any atom is -0.463 e. The molecule has 0 radical (unpaired) electrons. The minimum absolute atomic E-state index is 0.0132. The molecule has 1 aromatic rings. The molecule has 1 N–H and O–H groups in total. The molecule has 3 unspecified atom stereocenters. The summed E-state index contributed by atoms with van der Waals surface area (Å²) in [6.07, 6.45) is 14.0. The topological polar surface area (TPSA) is 46.5 Å². The number of aliphatic hydroxyl groups is 1. The fourth-order valence-corrected chi connectivity index (χ4v) is 4.17. The highest BCUT2D eigenvalue weighted by atomic mass is 35.5. The first-order valence-electron chi connectivity index (χ1n) is 12.1. The largest absolute Gasteiger partial charge is 0.463 e. The van der Waals surface area contributed by atoms with E-state index in [9.17, 15) is 9.90 Å². The van der Waals surface area contributed by atoms with E-state index in [1.165, 1.54) is 24.8 Å². The highest BCUT2D eigenvalue weighted by molar-refractivity contribution is 6.20. The number of allylic oxidation sites excluding steroid dienone is 2. The van der Waals surface area contributed by atoms with Crippen molar-refractivity contribution in [3.05, 3.63) is 47.5 Å². The standard InChI is InChI=1S/C17H25ClO.C10H18O2/c1-2-3-4-5-17(19)14-8-6-13(7-9-14)15-10-11-16(18)12-15;1-4-5-6-7-8-10(11)12-9(2)3/h6-9,15-17,19H,2-5,10-12H2,1H3;4-5,9H,6-8H2,1-3H3/b;5-4-. The van der Waals surface area contributed by atoms with Gasteiger partial charge in [-0.15, -0.1) is 11.6 Å². The van der Waals surface area contributed by atoms with Gasteiger partial charge in [-0.1, -0.05) is 62.6 Å². The molecular weight excluding hydrogens is 408 g/mol. The molecule has 0 saturated heterocycles. The molecule has 1 fully saturated rings. The fourth-order valence-electron chi connectivity index (χ4n) is 3.83. The molecule has 1 saturated carbocycles. The average molecular weight is 451 g/mol. The summed E-state index contributed by atoms with van der Waals surface area (Å²) in [7, 11) is 0. The van der Waals surface area contributed by atoms with E-state index in [1.54, 1.807) is 0 Å². The maximum absolute atomic E-state index is 11.0. The Hall–Kier alpha value is -1.32. The second kappa shape index (κ2) is 16.3. The molecule has 4 heteroatoms. The molecule has 31 heavy (non-hydrogen) atoms. The van der Waals surface area contributed by atoms with Crippen molar-refractivity contribution in [1.29, 1.82) is 0 Å². The first kappa shape index (κ1) is 27.7. The summed E-state index contributed by atoms with van der Waals surface area (Å²) in [5.41, 5.74) is 2.44. The minimum atomic E-state index is -0.301. The lowest BCUT2D eigenvalue weighted by Gasteiger charge is -2.14. The summed E-state index contributed by atoms with van der Waals surface area (Å²) < 4.78 is 4.97. The maximum atomic E-state index is 11.0. The van der Waals surface area contributed by atoms with Crippen molar-refractivity contribution >= 4 is 17.6 Å². The summed E-state index contributed by atoms with van der Waals surface area (Å²) in [6, 6.07) is 8.54. The van der Waals surface area contributed by atoms with Gasteiger partial charge in [0.2, 0.25) is 0 Å². The molecule has 2 rings (SSSR count). The van der Waals surface area contributed by atoms with Crippen molar-refractivity contribution in [2.24, 2.45) is 0 Å². The Bertz CT molecular complexity index is 624. The van der Waals surface area contributed by atoms with Crippen molar-refractivity contribution in [3.63, 3.8) is 0 Å². The number of unbranched alkanes of at least 4 members (excludes halogenated alkanes) is 3. The Morgan fingerprint density at radius 3 is 2.45 bits per heavy atom. The van der Waals surface area contributed by atoms with Gasteiger partial charge >= 0.3 is 5.97 Å². The number of rotatable bonds is 11. The molecule has 0 bridgehead atoms. The molecule has 176 valence electrons. The van der Waals surface area contributed by atoms with Crippen LogP contribution < -0.4 is 0 Å². The van der Waals surface area contributed by atoms with Gasteiger partial charge in [-0.2, -0.15) is 0 Å². The molecule has 0 aromatic heterocycles. The van der Waals surface area contributed by atoms with Crippen molar-refractivity contribution < 1.29 is 14.6 Å². The Labute approximate surface area is 195 Å². The number of aliphatic hydroxyl groups excluding tert-OH is 1. The van der Waals surface area contributed by atoms with Crippen LogP contribution in [0.25, 0.3) is 0 Å². The highest BCUT2D eigenvalue weighted by Gasteiger charge is 2.24. The van der Waals surface area contributed by atoms with Crippen molar-refractivity contribution in [3.8, 4) is 0 Å². The van der Waals surface area contributed by atoms with E-state index in [-0.39, 0.29) is 18.2 Å². The van der Waals surface area contributed by atoms with Crippen LogP contribution in [0, 0.1) is 0 Å². The molecule has 1 aliphatic carbocycles. The third-order valence-corrected chi connectivity index (χ3v) is 5.99. The lowest BCUT2D eigenvalue weighted by atomic mass is 9.95. The van der Waals surface area contributed by atoms with E-state index < -0.39 is 0 Å². The van der Waals surface area contributed by atoms with Gasteiger partial charge in [-0.25, -0.2) is 0 Å². The van der Waals surface area contributed by atoms with Crippen LogP contribution in [0.1, 0.15) is 115 Å². The Balaban J connectivity index is 0.000000348. The zero-order valence-electron chi connectivity index (χ0n) is 20.0. The highest BCUT2D eigenvalue weighted by Crippen LogP contribution is 2.37. The van der Waals surface area contributed by atoms with Gasteiger partial charge in [0.15, 0.2) is 0 Å². The first-order valence-corrected chi connectivity index (χ1v) is 12.5. The van der Waals surface area contributed by atoms with E-state index in [1.807, 2.05) is 26.8 Å². The predicted molar refractivity (Wildman–Crippen MR) is 132 cm³/mol. The number of carbonyl (C=O) groups is 1. The number of hydrogen-bond acceptors (Lipinski definition) is 3. The number of benzene rings is 1. The Morgan fingerprint density at radius 2 is 1.90 bits per heavy atom. The van der Waals surface area contributed by atoms with Crippen LogP contribution >= 0.6 is 11.6 Å². The monoisotopic (exact) mass is 450 g/mol. The quantitative estimate of drug-likeness (QED) is 0.161. The molecule has 3 atom stereocenters. The SMILES string of the molecule is C/C=C\CCCC(=O)OC(C)C.CCCCCC(O)c1ccc(C2CCC(Cl)C2)cc1. The van der Waals surface area contributed by atoms with Crippen LogP contribution in [0.4, 0.5) is 0 Å². The molecule has 0 amide bonds. The number of hydrogen-bond donors (Lipinski definition) is 1. The van der Waals surface area contributed by atoms with Crippen molar-refractivity contribution in [2.45, 2.75) is 115 Å². The smallest absolute Gasteiger partial charge is 0.306 e. The lowest BCUT2D eigenvalue weighted by molar-refractivity contribution is -0.147. The van der Waals surface area contributed by atoms with Crippen molar-refractivity contribution in [2.75, 3.05) is 0 Å². The van der Waals surface area contributed by atoms with Gasteiger partial charge in [0.05, 0.1) is 12.2 Å². The summed E-state index contributed by atoms with van der Waals surface area (Å²) >= 11 is 6.17. The maximum Gasteiger partial charge on any atom is 0.306 e. The summed E-state index contributed by atoms with van der Waals surface area (Å²) in [5.74, 6) is 0.531. The van der Waals surface area contributed by atoms with Crippen LogP contribution in [-0.4, -0.2) is 22.6 Å². The summed E-state index contributed by atoms with van der Waals surface area (Å²) in [5, 5.41) is 10.5. The molecule has 0 heterocycles. The number of esters is 1. The second-order valence-electron chi connectivity index (χ2n) is 8.79. The fraction of sp³-hybridized carbons (Fsp3) is 0.667. The van der Waals surface area contributed by atoms with Crippen LogP contribution in [-0.2, 0) is 9.53 Å². The molecule has 1 aliphatic rings. The van der Waals surface area contributed by atoms with Crippen LogP contribution in [0.15, 0.2) is 36.4 Å². The number of halogens is 1. The molecule has 0 spiro atoms. The van der Waals surface area contributed by atoms with E-state index in [2.05, 4.69) is 37.3 Å². The van der Waals surface area contributed by atoms with Gasteiger partial charge in [0.25, 0.3) is 0 Å². The molecule has 3 nitrogen and oxygen atoms in total. The van der Waals surface area contributed by atoms with E-state index >= 15 is 0 Å². The zero-order valence-corrected chi connectivity index (χ0v) is 20.7. The van der Waals surface area contributed by atoms with E-state index in [4.69, 9.17) is 16.3 Å². The second-order valence-corrected chi connectivity index (χ2v) is 9.40. The van der Waals surface area contributed by atoms with Gasteiger partial charge in [0.1, 0.15) is 0 Å². The van der Waals surface area contributed by atoms with E-state index in [0.717, 1.165) is 44.1 Å². The normalized spacial score (nSPS) is 19.3. The third-order valence-electron chi connectivity index (χ3n) is 5.60. The van der Waals surface area contributed by atoms with Crippen LogP contribution in [0.2, 0.25) is 0 Å². The lowest BCUT2D eigenvalue weighted by Crippen LogP contribution is -2.10. The Morgan fingerprint density at radius 1 is 1.19 bits per heavy atom.